The molecule has 0 saturated heterocycles. The molecular formula is C48H30N2O3S. The lowest BCUT2D eigenvalue weighted by atomic mass is 10.0. The molecule has 1 aliphatic heterocycles. The molecular weight excluding hydrogens is 685 g/mol. The van der Waals surface area contributed by atoms with E-state index >= 15 is 0 Å². The average molecular weight is 715 g/mol. The van der Waals surface area contributed by atoms with E-state index in [9.17, 15) is 8.42 Å². The molecule has 0 radical (unpaired) electrons. The molecule has 6 heteroatoms. The molecule has 0 spiro atoms. The van der Waals surface area contributed by atoms with Crippen LogP contribution in [0.4, 0.5) is 0 Å². The summed E-state index contributed by atoms with van der Waals surface area (Å²) in [6, 6.07) is 61.2. The molecule has 0 fully saturated rings. The summed E-state index contributed by atoms with van der Waals surface area (Å²) in [6.45, 7) is 0. The summed E-state index contributed by atoms with van der Waals surface area (Å²) in [6.07, 6.45) is 0. The van der Waals surface area contributed by atoms with E-state index in [1.54, 1.807) is 12.1 Å². The Balaban J connectivity index is 0.996. The summed E-state index contributed by atoms with van der Waals surface area (Å²) >= 11 is 0. The Kier molecular flexibility index (Phi) is 6.57. The van der Waals surface area contributed by atoms with Crippen molar-refractivity contribution < 1.29 is 13.2 Å². The van der Waals surface area contributed by atoms with E-state index in [-0.39, 0.29) is 9.79 Å². The number of hydrogen-bond donors (Lipinski definition) is 0. The number of hydrogen-bond acceptors (Lipinski definition) is 3. The predicted molar refractivity (Wildman–Crippen MR) is 218 cm³/mol. The topological polar surface area (TPSA) is 53.2 Å². The van der Waals surface area contributed by atoms with Crippen molar-refractivity contribution in [3.63, 3.8) is 0 Å². The molecule has 2 aromatic heterocycles. The lowest BCUT2D eigenvalue weighted by Crippen LogP contribution is -2.11. The lowest BCUT2D eigenvalue weighted by Gasteiger charge is -2.22. The predicted octanol–water partition coefficient (Wildman–Crippen LogP) is 12.2. The van der Waals surface area contributed by atoms with Crippen molar-refractivity contribution in [2.75, 3.05) is 0 Å². The number of aromatic nitrogens is 2. The minimum atomic E-state index is -3.81. The fraction of sp³-hybridized carbons (Fsp3) is 0. The molecule has 0 saturated carbocycles. The molecule has 11 rings (SSSR count). The maximum atomic E-state index is 14.0. The Hall–Kier alpha value is -6.89. The normalized spacial score (nSPS) is 13.3. The zero-order chi connectivity index (χ0) is 36.0. The van der Waals surface area contributed by atoms with E-state index in [1.807, 2.05) is 36.4 Å². The van der Waals surface area contributed by atoms with Crippen LogP contribution < -0.4 is 4.74 Å². The van der Waals surface area contributed by atoms with Crippen LogP contribution in [0.2, 0.25) is 0 Å². The molecule has 0 aliphatic carbocycles. The zero-order valence-electron chi connectivity index (χ0n) is 28.8. The monoisotopic (exact) mass is 714 g/mol. The van der Waals surface area contributed by atoms with E-state index in [0.717, 1.165) is 77.2 Å². The number of nitrogens with zero attached hydrogens (tertiary/aromatic N) is 2. The third-order valence-corrected chi connectivity index (χ3v) is 12.6. The van der Waals surface area contributed by atoms with E-state index in [4.69, 9.17) is 4.74 Å². The van der Waals surface area contributed by atoms with Crippen molar-refractivity contribution in [2.24, 2.45) is 0 Å². The summed E-state index contributed by atoms with van der Waals surface area (Å²) in [5.74, 6) is 0.649. The van der Waals surface area contributed by atoms with Gasteiger partial charge in [0.15, 0.2) is 0 Å². The van der Waals surface area contributed by atoms with Crippen LogP contribution in [0, 0.1) is 0 Å². The van der Waals surface area contributed by atoms with Gasteiger partial charge in [-0.05, 0) is 107 Å². The molecule has 1 aliphatic rings. The first-order valence-corrected chi connectivity index (χ1v) is 19.4. The largest absolute Gasteiger partial charge is 0.455 e. The Labute approximate surface area is 311 Å². The van der Waals surface area contributed by atoms with Gasteiger partial charge < -0.3 is 13.9 Å². The van der Waals surface area contributed by atoms with E-state index in [0.29, 0.717) is 11.5 Å². The van der Waals surface area contributed by atoms with Gasteiger partial charge in [-0.15, -0.1) is 0 Å². The highest BCUT2D eigenvalue weighted by Gasteiger charge is 2.32. The van der Waals surface area contributed by atoms with Gasteiger partial charge in [0, 0.05) is 32.9 Å². The van der Waals surface area contributed by atoms with Crippen LogP contribution in [0.1, 0.15) is 0 Å². The second kappa shape index (κ2) is 11.6. The summed E-state index contributed by atoms with van der Waals surface area (Å²) in [4.78, 5) is 0.340. The molecule has 0 atom stereocenters. The second-order valence-corrected chi connectivity index (χ2v) is 15.7. The van der Waals surface area contributed by atoms with Gasteiger partial charge in [0.1, 0.15) is 21.3 Å². The number of sulfone groups is 1. The zero-order valence-corrected chi connectivity index (χ0v) is 29.7. The van der Waals surface area contributed by atoms with Crippen molar-refractivity contribution in [1.82, 2.24) is 9.13 Å². The second-order valence-electron chi connectivity index (χ2n) is 13.8. The van der Waals surface area contributed by atoms with Gasteiger partial charge in [0.25, 0.3) is 0 Å². The van der Waals surface area contributed by atoms with E-state index < -0.39 is 9.84 Å². The quantitative estimate of drug-likeness (QED) is 0.182. The van der Waals surface area contributed by atoms with Crippen LogP contribution in [0.15, 0.2) is 192 Å². The van der Waals surface area contributed by atoms with Crippen molar-refractivity contribution in [3.05, 3.63) is 182 Å². The SMILES string of the molecule is O=S1(=O)c2ccc(-c3ccc4c(c3)c3ccccc3n4-c3ccccc3)cc2Oc2cc(-c3ccc4c(c3)c3ccccc3n4-c3ccccc3)ccc21. The molecule has 54 heavy (non-hydrogen) atoms. The summed E-state index contributed by atoms with van der Waals surface area (Å²) in [5, 5.41) is 4.55. The van der Waals surface area contributed by atoms with E-state index in [1.165, 1.54) is 0 Å². The average Bonchev–Trinajstić information content (AvgIpc) is 3.73. The van der Waals surface area contributed by atoms with Gasteiger partial charge in [-0.25, -0.2) is 8.42 Å². The summed E-state index contributed by atoms with van der Waals surface area (Å²) < 4.78 is 39.1. The highest BCUT2D eigenvalue weighted by Crippen LogP contribution is 2.46. The first kappa shape index (κ1) is 30.7. The van der Waals surface area contributed by atoms with Crippen LogP contribution >= 0.6 is 0 Å². The highest BCUT2D eigenvalue weighted by atomic mass is 32.2. The van der Waals surface area contributed by atoms with Gasteiger partial charge in [-0.2, -0.15) is 0 Å². The molecule has 10 aromatic rings. The van der Waals surface area contributed by atoms with E-state index in [2.05, 4.69) is 143 Å². The Morgan fingerprint density at radius 1 is 0.352 bits per heavy atom. The summed E-state index contributed by atoms with van der Waals surface area (Å²) in [7, 11) is -3.81. The first-order valence-electron chi connectivity index (χ1n) is 17.9. The fourth-order valence-corrected chi connectivity index (χ4v) is 9.69. The van der Waals surface area contributed by atoms with Crippen LogP contribution in [0.25, 0.3) is 77.2 Å². The summed E-state index contributed by atoms with van der Waals surface area (Å²) in [5.41, 5.74) is 10.4. The van der Waals surface area contributed by atoms with Gasteiger partial charge in [-0.1, -0.05) is 97.1 Å². The maximum absolute atomic E-state index is 14.0. The Morgan fingerprint density at radius 2 is 0.722 bits per heavy atom. The molecule has 0 unspecified atom stereocenters. The van der Waals surface area contributed by atoms with Gasteiger partial charge >= 0.3 is 0 Å². The Bertz CT molecular complexity index is 3040. The molecule has 5 nitrogen and oxygen atoms in total. The standard InChI is InChI=1S/C48H30N2O3S/c51-54(52)47-25-21-33(31-19-23-43-39(27-31)37-15-7-9-17-41(37)49(43)35-11-3-1-4-12-35)29-45(47)53-46-30-34(22-26-48(46)54)32-20-24-44-40(28-32)38-16-8-10-18-42(38)50(44)36-13-5-2-6-14-36/h1-30H. The van der Waals surface area contributed by atoms with Crippen LogP contribution in [0.5, 0.6) is 11.5 Å². The number of para-hydroxylation sites is 4. The Morgan fingerprint density at radius 3 is 1.19 bits per heavy atom. The number of rotatable bonds is 4. The van der Waals surface area contributed by atoms with Gasteiger partial charge in [0.05, 0.1) is 22.1 Å². The minimum absolute atomic E-state index is 0.170. The molecule has 0 N–H and O–H groups in total. The first-order chi connectivity index (χ1) is 26.5. The van der Waals surface area contributed by atoms with Crippen molar-refractivity contribution in [3.8, 4) is 45.1 Å². The highest BCUT2D eigenvalue weighted by molar-refractivity contribution is 7.91. The minimum Gasteiger partial charge on any atom is -0.455 e. The lowest BCUT2D eigenvalue weighted by molar-refractivity contribution is 0.443. The number of fused-ring (bicyclic) bond motifs is 8. The fourth-order valence-electron chi connectivity index (χ4n) is 8.23. The van der Waals surface area contributed by atoms with Crippen LogP contribution in [0.3, 0.4) is 0 Å². The molecule has 8 aromatic carbocycles. The molecule has 0 amide bonds. The van der Waals surface area contributed by atoms with Crippen LogP contribution in [-0.4, -0.2) is 17.6 Å². The smallest absolute Gasteiger partial charge is 0.213 e. The molecule has 0 bridgehead atoms. The van der Waals surface area contributed by atoms with Crippen molar-refractivity contribution >= 4 is 53.4 Å². The van der Waals surface area contributed by atoms with Gasteiger partial charge in [0.2, 0.25) is 9.84 Å². The maximum Gasteiger partial charge on any atom is 0.213 e. The van der Waals surface area contributed by atoms with Crippen LogP contribution in [-0.2, 0) is 9.84 Å². The third-order valence-electron chi connectivity index (χ3n) is 10.7. The van der Waals surface area contributed by atoms with Crippen molar-refractivity contribution in [1.29, 1.82) is 0 Å². The third kappa shape index (κ3) is 4.54. The number of benzene rings is 8. The van der Waals surface area contributed by atoms with Gasteiger partial charge in [-0.3, -0.25) is 0 Å². The molecule has 256 valence electrons. The molecule has 3 heterocycles. The van der Waals surface area contributed by atoms with Crippen molar-refractivity contribution in [2.45, 2.75) is 9.79 Å². The number of ether oxygens (including phenoxy) is 1.